The van der Waals surface area contributed by atoms with Gasteiger partial charge in [0.2, 0.25) is 17.7 Å². The zero-order valence-electron chi connectivity index (χ0n) is 18.3. The largest absolute Gasteiger partial charge is 0.368 e. The van der Waals surface area contributed by atoms with Crippen LogP contribution in [0.25, 0.3) is 10.9 Å². The fourth-order valence-electron chi connectivity index (χ4n) is 4.79. The standard InChI is InChI=1S/C22H29N5O4Si/c1-32(2)11-18(21(30)26-17(19(23)28)9-13-7-8-24-20(13)29)27(12-32)22(31)15-10-25-16-6-4-3-5-14(15)16/h3-6,10,13,17-18,25H,7-9,11-12H2,1-2H3,(H2,23,28)(H,24,29)(H,26,30)/t13-,17-,18-/m0/s1. The van der Waals surface area contributed by atoms with Crippen LogP contribution in [-0.4, -0.2) is 66.4 Å². The number of carbonyl (C=O) groups excluding carboxylic acids is 4. The third-order valence-corrected chi connectivity index (χ3v) is 9.14. The summed E-state index contributed by atoms with van der Waals surface area (Å²) < 4.78 is 0. The van der Waals surface area contributed by atoms with E-state index < -0.39 is 32.0 Å². The van der Waals surface area contributed by atoms with Gasteiger partial charge in [-0.3, -0.25) is 19.2 Å². The smallest absolute Gasteiger partial charge is 0.256 e. The number of aromatic amines is 1. The molecule has 10 heteroatoms. The van der Waals surface area contributed by atoms with E-state index in [0.717, 1.165) is 10.9 Å². The number of benzene rings is 1. The Morgan fingerprint density at radius 2 is 2.03 bits per heavy atom. The molecule has 2 saturated heterocycles. The molecule has 0 bridgehead atoms. The summed E-state index contributed by atoms with van der Waals surface area (Å²) in [5.41, 5.74) is 6.92. The summed E-state index contributed by atoms with van der Waals surface area (Å²) in [6.07, 6.45) is 3.00. The van der Waals surface area contributed by atoms with Crippen LogP contribution >= 0.6 is 0 Å². The second kappa shape index (κ2) is 8.42. The van der Waals surface area contributed by atoms with Gasteiger partial charge in [-0.1, -0.05) is 31.3 Å². The molecule has 32 heavy (non-hydrogen) atoms. The first kappa shape index (κ1) is 22.1. The van der Waals surface area contributed by atoms with Crippen LogP contribution in [0.5, 0.6) is 0 Å². The molecule has 0 saturated carbocycles. The maximum atomic E-state index is 13.5. The summed E-state index contributed by atoms with van der Waals surface area (Å²) in [4.78, 5) is 55.4. The predicted molar refractivity (Wildman–Crippen MR) is 122 cm³/mol. The van der Waals surface area contributed by atoms with E-state index in [0.29, 0.717) is 30.7 Å². The maximum Gasteiger partial charge on any atom is 0.256 e. The number of nitrogens with one attached hydrogen (secondary N) is 3. The average Bonchev–Trinajstić information content (AvgIpc) is 3.43. The Kier molecular flexibility index (Phi) is 5.80. The lowest BCUT2D eigenvalue weighted by atomic mass is 9.97. The van der Waals surface area contributed by atoms with E-state index >= 15 is 0 Å². The van der Waals surface area contributed by atoms with Gasteiger partial charge < -0.3 is 26.3 Å². The molecule has 2 aliphatic rings. The molecule has 1 aromatic heterocycles. The zero-order chi connectivity index (χ0) is 23.0. The van der Waals surface area contributed by atoms with Gasteiger partial charge in [0.1, 0.15) is 12.1 Å². The molecule has 0 unspecified atom stereocenters. The number of para-hydroxylation sites is 1. The Hall–Kier alpha value is -3.14. The van der Waals surface area contributed by atoms with Crippen molar-refractivity contribution in [2.24, 2.45) is 11.7 Å². The maximum absolute atomic E-state index is 13.5. The Labute approximate surface area is 187 Å². The van der Waals surface area contributed by atoms with E-state index in [4.69, 9.17) is 5.73 Å². The Bertz CT molecular complexity index is 1080. The molecule has 3 atom stereocenters. The van der Waals surface area contributed by atoms with Gasteiger partial charge in [0.25, 0.3) is 5.91 Å². The summed E-state index contributed by atoms with van der Waals surface area (Å²) in [5, 5.41) is 6.28. The highest BCUT2D eigenvalue weighted by atomic mass is 28.3. The molecular weight excluding hydrogens is 426 g/mol. The summed E-state index contributed by atoms with van der Waals surface area (Å²) in [6, 6.07) is 6.52. The number of rotatable bonds is 6. The number of H-pyrrole nitrogens is 1. The topological polar surface area (TPSA) is 137 Å². The minimum atomic E-state index is -1.84. The number of amides is 4. The van der Waals surface area contributed by atoms with Crippen molar-refractivity contribution in [2.75, 3.05) is 12.7 Å². The van der Waals surface area contributed by atoms with Crippen LogP contribution in [0.4, 0.5) is 0 Å². The molecule has 5 N–H and O–H groups in total. The molecule has 0 radical (unpaired) electrons. The second-order valence-corrected chi connectivity index (χ2v) is 14.6. The number of primary amides is 1. The SMILES string of the molecule is C[Si]1(C)C[C@@H](C(=O)N[C@@H](C[C@@H]2CCNC2=O)C(N)=O)N(C(=O)c2c[nH]c3ccccc23)C1. The first-order valence-corrected chi connectivity index (χ1v) is 14.3. The minimum Gasteiger partial charge on any atom is -0.368 e. The van der Waals surface area contributed by atoms with E-state index in [1.54, 1.807) is 11.1 Å². The van der Waals surface area contributed by atoms with Crippen LogP contribution < -0.4 is 16.4 Å². The predicted octanol–water partition coefficient (Wildman–Crippen LogP) is 0.736. The molecule has 2 aliphatic heterocycles. The van der Waals surface area contributed by atoms with Crippen molar-refractivity contribution in [3.05, 3.63) is 36.0 Å². The monoisotopic (exact) mass is 455 g/mol. The number of nitrogens with zero attached hydrogens (tertiary/aromatic N) is 1. The van der Waals surface area contributed by atoms with Crippen LogP contribution in [0.1, 0.15) is 23.2 Å². The van der Waals surface area contributed by atoms with Gasteiger partial charge in [-0.15, -0.1) is 0 Å². The van der Waals surface area contributed by atoms with Crippen molar-refractivity contribution in [1.29, 1.82) is 0 Å². The van der Waals surface area contributed by atoms with E-state index in [1.807, 2.05) is 24.3 Å². The van der Waals surface area contributed by atoms with Crippen molar-refractivity contribution in [2.45, 2.75) is 44.1 Å². The van der Waals surface area contributed by atoms with Crippen molar-refractivity contribution < 1.29 is 19.2 Å². The zero-order valence-corrected chi connectivity index (χ0v) is 19.3. The average molecular weight is 456 g/mol. The number of hydrogen-bond acceptors (Lipinski definition) is 4. The van der Waals surface area contributed by atoms with Crippen LogP contribution in [0, 0.1) is 5.92 Å². The lowest BCUT2D eigenvalue weighted by molar-refractivity contribution is -0.130. The van der Waals surface area contributed by atoms with Gasteiger partial charge in [-0.05, 0) is 25.0 Å². The number of aromatic nitrogens is 1. The summed E-state index contributed by atoms with van der Waals surface area (Å²) >= 11 is 0. The fraction of sp³-hybridized carbons (Fsp3) is 0.455. The van der Waals surface area contributed by atoms with Gasteiger partial charge in [0.15, 0.2) is 0 Å². The van der Waals surface area contributed by atoms with E-state index in [-0.39, 0.29) is 24.2 Å². The fourth-order valence-corrected chi connectivity index (χ4v) is 7.66. The Balaban J connectivity index is 1.54. The van der Waals surface area contributed by atoms with Crippen molar-refractivity contribution in [3.8, 4) is 0 Å². The van der Waals surface area contributed by atoms with Gasteiger partial charge >= 0.3 is 0 Å². The first-order valence-electron chi connectivity index (χ1n) is 10.9. The summed E-state index contributed by atoms with van der Waals surface area (Å²) in [5.74, 6) is -1.76. The highest BCUT2D eigenvalue weighted by Gasteiger charge is 2.46. The normalized spacial score (nSPS) is 23.2. The van der Waals surface area contributed by atoms with E-state index in [1.165, 1.54) is 0 Å². The lowest BCUT2D eigenvalue weighted by Gasteiger charge is -2.26. The highest BCUT2D eigenvalue weighted by molar-refractivity contribution is 6.79. The Morgan fingerprint density at radius 1 is 1.28 bits per heavy atom. The molecule has 9 nitrogen and oxygen atoms in total. The molecule has 2 fully saturated rings. The van der Waals surface area contributed by atoms with Crippen LogP contribution in [0.2, 0.25) is 19.1 Å². The van der Waals surface area contributed by atoms with Gasteiger partial charge in [0.05, 0.1) is 13.6 Å². The van der Waals surface area contributed by atoms with E-state index in [9.17, 15) is 19.2 Å². The van der Waals surface area contributed by atoms with Gasteiger partial charge in [-0.2, -0.15) is 0 Å². The quantitative estimate of drug-likeness (QED) is 0.477. The third-order valence-electron chi connectivity index (χ3n) is 6.45. The second-order valence-electron chi connectivity index (χ2n) is 9.54. The van der Waals surface area contributed by atoms with Gasteiger partial charge in [-0.25, -0.2) is 0 Å². The molecule has 1 aromatic carbocycles. The molecular formula is C22H29N5O4Si. The lowest BCUT2D eigenvalue weighted by Crippen LogP contribution is -2.52. The number of carbonyl (C=O) groups is 4. The molecule has 4 amide bonds. The van der Waals surface area contributed by atoms with Crippen LogP contribution in [0.3, 0.4) is 0 Å². The highest BCUT2D eigenvalue weighted by Crippen LogP contribution is 2.30. The molecule has 3 heterocycles. The molecule has 4 rings (SSSR count). The Morgan fingerprint density at radius 3 is 2.72 bits per heavy atom. The van der Waals surface area contributed by atoms with Crippen molar-refractivity contribution >= 4 is 42.6 Å². The van der Waals surface area contributed by atoms with E-state index in [2.05, 4.69) is 28.7 Å². The summed E-state index contributed by atoms with van der Waals surface area (Å²) in [7, 11) is -1.84. The number of fused-ring (bicyclic) bond motifs is 1. The van der Waals surface area contributed by atoms with Crippen LogP contribution in [-0.2, 0) is 14.4 Å². The molecule has 2 aromatic rings. The number of nitrogens with two attached hydrogens (primary N) is 1. The van der Waals surface area contributed by atoms with Crippen molar-refractivity contribution in [1.82, 2.24) is 20.5 Å². The third kappa shape index (κ3) is 4.27. The minimum absolute atomic E-state index is 0.129. The number of hydrogen-bond donors (Lipinski definition) is 4. The first-order chi connectivity index (χ1) is 15.2. The summed E-state index contributed by atoms with van der Waals surface area (Å²) in [6.45, 7) is 4.84. The van der Waals surface area contributed by atoms with Crippen LogP contribution in [0.15, 0.2) is 30.5 Å². The molecule has 0 aliphatic carbocycles. The molecule has 0 spiro atoms. The molecule has 170 valence electrons. The van der Waals surface area contributed by atoms with Crippen molar-refractivity contribution in [3.63, 3.8) is 0 Å². The van der Waals surface area contributed by atoms with Gasteiger partial charge in [0, 0.05) is 35.7 Å².